The number of ether oxygens (including phenoxy) is 1. The number of carboxylic acid groups (broad SMARTS) is 1. The van der Waals surface area contributed by atoms with Gasteiger partial charge in [-0.1, -0.05) is 12.1 Å². The molecule has 0 saturated carbocycles. The van der Waals surface area contributed by atoms with Crippen molar-refractivity contribution in [2.75, 3.05) is 0 Å². The summed E-state index contributed by atoms with van der Waals surface area (Å²) in [5, 5.41) is 16.5. The van der Waals surface area contributed by atoms with Gasteiger partial charge in [-0.3, -0.25) is 4.79 Å². The van der Waals surface area contributed by atoms with Gasteiger partial charge in [-0.15, -0.1) is 0 Å². The van der Waals surface area contributed by atoms with Crippen molar-refractivity contribution in [2.45, 2.75) is 20.1 Å². The van der Waals surface area contributed by atoms with Crippen molar-refractivity contribution in [1.82, 2.24) is 0 Å². The smallest absolute Gasteiger partial charge is 0.339 e. The van der Waals surface area contributed by atoms with Gasteiger partial charge in [0.25, 0.3) is 0 Å². The van der Waals surface area contributed by atoms with E-state index in [1.807, 2.05) is 0 Å². The predicted octanol–water partition coefficient (Wildman–Crippen LogP) is 0.593. The van der Waals surface area contributed by atoms with E-state index in [0.717, 1.165) is 0 Å². The summed E-state index contributed by atoms with van der Waals surface area (Å²) in [5.41, 5.74) is 4.65. The Morgan fingerprint density at radius 2 is 1.82 bits per heavy atom. The van der Waals surface area contributed by atoms with E-state index in [4.69, 9.17) is 10.2 Å². The molecule has 0 radical (unpaired) electrons. The van der Waals surface area contributed by atoms with Crippen LogP contribution in [0.2, 0.25) is 0 Å². The minimum absolute atomic E-state index is 0.0160. The number of rotatable bonds is 2. The first-order chi connectivity index (χ1) is 7.84. The number of hydrogen-bond acceptors (Lipinski definition) is 5. The fraction of sp³-hybridized carbons (Fsp3) is 0.273. The normalized spacial score (nSPS) is 10.8. The molecule has 4 N–H and O–H groups in total. The van der Waals surface area contributed by atoms with Gasteiger partial charge in [-0.2, -0.15) is 0 Å². The second kappa shape index (κ2) is 7.37. The molecule has 94 valence electrons. The van der Waals surface area contributed by atoms with E-state index in [-0.39, 0.29) is 11.3 Å². The number of esters is 1. The van der Waals surface area contributed by atoms with Crippen LogP contribution in [-0.4, -0.2) is 28.4 Å². The Labute approximate surface area is 98.6 Å². The van der Waals surface area contributed by atoms with Gasteiger partial charge >= 0.3 is 11.9 Å². The van der Waals surface area contributed by atoms with Crippen LogP contribution in [0.25, 0.3) is 0 Å². The first kappa shape index (κ1) is 15.1. The fourth-order valence-electron chi connectivity index (χ4n) is 0.887. The Bertz CT molecular complexity index is 386. The summed E-state index contributed by atoms with van der Waals surface area (Å²) >= 11 is 0. The fourth-order valence-corrected chi connectivity index (χ4v) is 0.887. The molecule has 0 fully saturated rings. The number of carbonyl (C=O) groups excluding carboxylic acids is 1. The first-order valence-corrected chi connectivity index (χ1v) is 4.79. The molecular formula is C11H15NO5. The van der Waals surface area contributed by atoms with Gasteiger partial charge in [-0.25, -0.2) is 4.79 Å². The average molecular weight is 241 g/mol. The number of hydrogen-bond donors (Lipinski definition) is 3. The van der Waals surface area contributed by atoms with Gasteiger partial charge in [0.1, 0.15) is 11.3 Å². The summed E-state index contributed by atoms with van der Waals surface area (Å²) in [4.78, 5) is 21.2. The van der Waals surface area contributed by atoms with Crippen LogP contribution < -0.4 is 10.5 Å². The van der Waals surface area contributed by atoms with E-state index < -0.39 is 18.2 Å². The van der Waals surface area contributed by atoms with Crippen LogP contribution in [0.3, 0.4) is 0 Å². The van der Waals surface area contributed by atoms with E-state index >= 15 is 0 Å². The molecule has 0 aromatic heterocycles. The van der Waals surface area contributed by atoms with Crippen molar-refractivity contribution in [2.24, 2.45) is 5.73 Å². The van der Waals surface area contributed by atoms with E-state index in [1.54, 1.807) is 12.1 Å². The molecule has 0 amide bonds. The lowest BCUT2D eigenvalue weighted by Gasteiger charge is -2.03. The predicted molar refractivity (Wildman–Crippen MR) is 60.6 cm³/mol. The van der Waals surface area contributed by atoms with Gasteiger partial charge in [0, 0.05) is 6.92 Å². The number of carboxylic acids is 1. The highest BCUT2D eigenvalue weighted by Gasteiger charge is 2.10. The molecule has 17 heavy (non-hydrogen) atoms. The minimum Gasteiger partial charge on any atom is -0.478 e. The highest BCUT2D eigenvalue weighted by atomic mass is 16.5. The molecule has 0 heterocycles. The molecule has 1 unspecified atom stereocenters. The number of aliphatic hydroxyl groups is 1. The van der Waals surface area contributed by atoms with Crippen molar-refractivity contribution in [3.63, 3.8) is 0 Å². The number of benzene rings is 1. The molecule has 6 heteroatoms. The van der Waals surface area contributed by atoms with Crippen molar-refractivity contribution in [3.8, 4) is 5.75 Å². The van der Waals surface area contributed by atoms with E-state index in [9.17, 15) is 9.59 Å². The Morgan fingerprint density at radius 1 is 1.35 bits per heavy atom. The third-order valence-corrected chi connectivity index (χ3v) is 1.37. The minimum atomic E-state index is -1.11. The van der Waals surface area contributed by atoms with Crippen LogP contribution in [0.5, 0.6) is 5.75 Å². The number of aromatic carboxylic acids is 1. The first-order valence-electron chi connectivity index (χ1n) is 4.79. The average Bonchev–Trinajstić information content (AvgIpc) is 2.16. The van der Waals surface area contributed by atoms with Crippen molar-refractivity contribution in [3.05, 3.63) is 29.8 Å². The summed E-state index contributed by atoms with van der Waals surface area (Å²) < 4.78 is 4.69. The van der Waals surface area contributed by atoms with E-state index in [2.05, 4.69) is 10.5 Å². The van der Waals surface area contributed by atoms with E-state index in [1.165, 1.54) is 26.0 Å². The van der Waals surface area contributed by atoms with Gasteiger partial charge in [0.15, 0.2) is 0 Å². The van der Waals surface area contributed by atoms with Crippen LogP contribution in [0.4, 0.5) is 0 Å². The van der Waals surface area contributed by atoms with Crippen molar-refractivity contribution in [1.29, 1.82) is 0 Å². The van der Waals surface area contributed by atoms with Crippen LogP contribution in [-0.2, 0) is 4.79 Å². The van der Waals surface area contributed by atoms with Crippen molar-refractivity contribution < 1.29 is 24.5 Å². The largest absolute Gasteiger partial charge is 0.478 e. The molecule has 1 aromatic rings. The van der Waals surface area contributed by atoms with Gasteiger partial charge in [0.05, 0.1) is 6.23 Å². The number of aliphatic hydroxyl groups excluding tert-OH is 1. The quantitative estimate of drug-likeness (QED) is 0.397. The maximum Gasteiger partial charge on any atom is 0.339 e. The summed E-state index contributed by atoms with van der Waals surface area (Å²) in [6.07, 6.45) is -0.667. The summed E-state index contributed by atoms with van der Waals surface area (Å²) in [7, 11) is 0. The number of para-hydroxylation sites is 1. The van der Waals surface area contributed by atoms with Crippen LogP contribution in [0.15, 0.2) is 24.3 Å². The van der Waals surface area contributed by atoms with Crippen LogP contribution in [0.1, 0.15) is 24.2 Å². The molecule has 1 aromatic carbocycles. The Balaban J connectivity index is 0.000000557. The number of nitrogens with two attached hydrogens (primary N) is 1. The van der Waals surface area contributed by atoms with E-state index in [0.29, 0.717) is 0 Å². The molecule has 0 aliphatic heterocycles. The van der Waals surface area contributed by atoms with Crippen molar-refractivity contribution >= 4 is 11.9 Å². The lowest BCUT2D eigenvalue weighted by atomic mass is 10.2. The third-order valence-electron chi connectivity index (χ3n) is 1.37. The molecule has 0 aliphatic rings. The lowest BCUT2D eigenvalue weighted by Crippen LogP contribution is -2.11. The molecule has 1 rings (SSSR count). The topological polar surface area (TPSA) is 110 Å². The Hall–Kier alpha value is -1.92. The molecular weight excluding hydrogens is 226 g/mol. The summed E-state index contributed by atoms with van der Waals surface area (Å²) in [6, 6.07) is 5.98. The molecule has 6 nitrogen and oxygen atoms in total. The maximum absolute atomic E-state index is 10.6. The maximum atomic E-state index is 10.6. The zero-order valence-electron chi connectivity index (χ0n) is 9.58. The lowest BCUT2D eigenvalue weighted by molar-refractivity contribution is -0.131. The second-order valence-corrected chi connectivity index (χ2v) is 3.14. The van der Waals surface area contributed by atoms with Gasteiger partial charge in [0.2, 0.25) is 0 Å². The molecule has 0 bridgehead atoms. The zero-order chi connectivity index (χ0) is 13.4. The molecule has 0 saturated heterocycles. The Morgan fingerprint density at radius 3 is 2.24 bits per heavy atom. The SMILES string of the molecule is CC(=O)Oc1ccccc1C(=O)O.CC(N)O. The third kappa shape index (κ3) is 7.04. The molecule has 0 aliphatic carbocycles. The van der Waals surface area contributed by atoms with Gasteiger partial charge in [-0.05, 0) is 19.1 Å². The van der Waals surface area contributed by atoms with Gasteiger partial charge < -0.3 is 20.7 Å². The number of carbonyl (C=O) groups is 2. The molecule has 1 atom stereocenters. The monoisotopic (exact) mass is 241 g/mol. The van der Waals surface area contributed by atoms with Crippen LogP contribution >= 0.6 is 0 Å². The van der Waals surface area contributed by atoms with Crippen LogP contribution in [0, 0.1) is 0 Å². The standard InChI is InChI=1S/C9H8O4.C2H7NO/c1-6(10)13-8-5-3-2-4-7(8)9(11)12;1-2(3)4/h2-5H,1H3,(H,11,12);2,4H,3H2,1H3. The summed E-state index contributed by atoms with van der Waals surface area (Å²) in [5.74, 6) is -1.58. The summed E-state index contributed by atoms with van der Waals surface area (Å²) in [6.45, 7) is 2.72. The highest BCUT2D eigenvalue weighted by Crippen LogP contribution is 2.17. The Kier molecular flexibility index (Phi) is 6.54. The second-order valence-electron chi connectivity index (χ2n) is 3.14. The highest BCUT2D eigenvalue weighted by molar-refractivity contribution is 5.91. The zero-order valence-corrected chi connectivity index (χ0v) is 9.58. The molecule has 0 spiro atoms.